The van der Waals surface area contributed by atoms with Crippen molar-refractivity contribution in [2.45, 2.75) is 4.90 Å². The van der Waals surface area contributed by atoms with Crippen LogP contribution in [0.2, 0.25) is 0 Å². The normalized spacial score (nSPS) is 13.4. The summed E-state index contributed by atoms with van der Waals surface area (Å²) < 4.78 is 33.8. The van der Waals surface area contributed by atoms with Gasteiger partial charge in [0.05, 0.1) is 16.8 Å². The van der Waals surface area contributed by atoms with Gasteiger partial charge in [-0.15, -0.1) is 10.2 Å². The molecule has 0 saturated carbocycles. The Morgan fingerprint density at radius 2 is 1.84 bits per heavy atom. The van der Waals surface area contributed by atoms with Crippen molar-refractivity contribution >= 4 is 48.9 Å². The zero-order valence-corrected chi connectivity index (χ0v) is 17.5. The van der Waals surface area contributed by atoms with E-state index in [1.165, 1.54) is 12.1 Å². The Morgan fingerprint density at radius 1 is 1.19 bits per heavy atom. The molecule has 0 spiro atoms. The molecule has 0 fully saturated rings. The zero-order valence-electron chi connectivity index (χ0n) is 15.1. The molecule has 1 aliphatic carbocycles. The summed E-state index contributed by atoms with van der Waals surface area (Å²) in [5.41, 5.74) is -0.639. The molecule has 154 valence electrons. The largest absolute Gasteiger partial charge is 0.359 e. The van der Waals surface area contributed by atoms with E-state index in [0.29, 0.717) is 0 Å². The van der Waals surface area contributed by atoms with Gasteiger partial charge in [-0.3, -0.25) is 14.1 Å². The number of carbonyl (C=O) groups excluding carboxylic acids is 2. The number of aromatic amines is 1. The van der Waals surface area contributed by atoms with Crippen molar-refractivity contribution in [3.63, 3.8) is 0 Å². The van der Waals surface area contributed by atoms with Crippen molar-refractivity contribution in [1.29, 1.82) is 5.26 Å². The number of nitrogens with one attached hydrogen (secondary N) is 2. The van der Waals surface area contributed by atoms with Gasteiger partial charge in [-0.2, -0.15) is 18.9 Å². The van der Waals surface area contributed by atoms with Crippen molar-refractivity contribution in [3.05, 3.63) is 69.1 Å². The molecule has 0 aliphatic heterocycles. The second-order valence-electron chi connectivity index (χ2n) is 6.21. The maximum absolute atomic E-state index is 13.2. The predicted molar refractivity (Wildman–Crippen MR) is 109 cm³/mol. The summed E-state index contributed by atoms with van der Waals surface area (Å²) in [6, 6.07) is 8.89. The van der Waals surface area contributed by atoms with Crippen LogP contribution >= 0.6 is 15.9 Å². The number of nitrogens with zero attached hydrogens (tertiary/aromatic N) is 4. The van der Waals surface area contributed by atoms with Gasteiger partial charge in [0, 0.05) is 21.8 Å². The van der Waals surface area contributed by atoms with E-state index in [2.05, 4.69) is 41.9 Å². The number of benzene rings is 2. The maximum Gasteiger partial charge on any atom is 0.296 e. The van der Waals surface area contributed by atoms with Crippen LogP contribution in [0.1, 0.15) is 37.7 Å². The fourth-order valence-corrected chi connectivity index (χ4v) is 4.58. The minimum Gasteiger partial charge on any atom is -0.359 e. The monoisotopic (exact) mass is 500 g/mol. The first kappa shape index (κ1) is 20.5. The number of hydrogen-bond donors (Lipinski definition) is 3. The number of tetrazole rings is 1. The van der Waals surface area contributed by atoms with Gasteiger partial charge in [-0.05, 0) is 27.2 Å². The van der Waals surface area contributed by atoms with E-state index in [1.54, 1.807) is 18.2 Å². The number of allylic oxidation sites excluding steroid dienone is 1. The van der Waals surface area contributed by atoms with E-state index >= 15 is 0 Å². The van der Waals surface area contributed by atoms with Gasteiger partial charge in [0.25, 0.3) is 10.1 Å². The summed E-state index contributed by atoms with van der Waals surface area (Å²) >= 11 is 3.13. The number of rotatable bonds is 4. The van der Waals surface area contributed by atoms with Gasteiger partial charge in [-0.1, -0.05) is 24.3 Å². The average Bonchev–Trinajstić information content (AvgIpc) is 3.26. The van der Waals surface area contributed by atoms with Crippen molar-refractivity contribution in [2.75, 3.05) is 5.32 Å². The van der Waals surface area contributed by atoms with Crippen LogP contribution in [-0.4, -0.2) is 45.2 Å². The highest BCUT2D eigenvalue weighted by molar-refractivity contribution is 9.10. The summed E-state index contributed by atoms with van der Waals surface area (Å²) in [6.45, 7) is 0. The van der Waals surface area contributed by atoms with E-state index in [1.807, 2.05) is 0 Å². The van der Waals surface area contributed by atoms with Crippen LogP contribution < -0.4 is 5.32 Å². The summed E-state index contributed by atoms with van der Waals surface area (Å²) in [6.07, 6.45) is 1.04. The molecular weight excluding hydrogens is 492 g/mol. The molecule has 0 bridgehead atoms. The average molecular weight is 501 g/mol. The smallest absolute Gasteiger partial charge is 0.296 e. The van der Waals surface area contributed by atoms with Crippen molar-refractivity contribution < 1.29 is 22.6 Å². The molecule has 13 heteroatoms. The molecule has 0 atom stereocenters. The van der Waals surface area contributed by atoms with Crippen LogP contribution in [0.5, 0.6) is 0 Å². The standard InChI is InChI=1S/C18H9BrN6O5S/c19-11-5-12(31(28,29)30)15(21-7-8(6-20)18-22-24-25-23-18)14-13(11)16(26)9-3-1-2-4-10(9)17(14)27/h1-5,7,21H,(H,28,29,30)(H,22,23,24,25). The van der Waals surface area contributed by atoms with Crippen molar-refractivity contribution in [1.82, 2.24) is 20.6 Å². The molecule has 3 aromatic rings. The molecule has 1 heterocycles. The van der Waals surface area contributed by atoms with Gasteiger partial charge < -0.3 is 5.32 Å². The fraction of sp³-hybridized carbons (Fsp3) is 0. The Bertz CT molecular complexity index is 1440. The number of hydrogen-bond acceptors (Lipinski definition) is 9. The summed E-state index contributed by atoms with van der Waals surface area (Å²) in [5.74, 6) is -1.24. The van der Waals surface area contributed by atoms with E-state index in [0.717, 1.165) is 12.3 Å². The first-order valence-electron chi connectivity index (χ1n) is 8.37. The minimum atomic E-state index is -4.83. The van der Waals surface area contributed by atoms with E-state index in [4.69, 9.17) is 0 Å². The molecule has 31 heavy (non-hydrogen) atoms. The molecule has 0 amide bonds. The van der Waals surface area contributed by atoms with Gasteiger partial charge >= 0.3 is 0 Å². The quantitative estimate of drug-likeness (QED) is 0.276. The number of halogens is 1. The topological polar surface area (TPSA) is 179 Å². The lowest BCUT2D eigenvalue weighted by Gasteiger charge is -2.23. The Balaban J connectivity index is 1.99. The third-order valence-corrected chi connectivity index (χ3v) is 5.96. The number of aromatic nitrogens is 4. The molecule has 1 aliphatic rings. The molecular formula is C18H9BrN6O5S. The van der Waals surface area contributed by atoms with Crippen molar-refractivity contribution in [3.8, 4) is 6.07 Å². The van der Waals surface area contributed by atoms with Crippen LogP contribution in [0.15, 0.2) is 45.9 Å². The molecule has 4 rings (SSSR count). The second kappa shape index (κ2) is 7.51. The van der Waals surface area contributed by atoms with Gasteiger partial charge in [0.2, 0.25) is 5.82 Å². The predicted octanol–water partition coefficient (Wildman–Crippen LogP) is 1.96. The summed E-state index contributed by atoms with van der Waals surface area (Å²) in [5, 5.41) is 24.7. The number of fused-ring (bicyclic) bond motifs is 2. The van der Waals surface area contributed by atoms with Crippen molar-refractivity contribution in [2.24, 2.45) is 0 Å². The third-order valence-electron chi connectivity index (χ3n) is 4.46. The molecule has 0 unspecified atom stereocenters. The van der Waals surface area contributed by atoms with E-state index in [-0.39, 0.29) is 43.8 Å². The molecule has 1 aromatic heterocycles. The number of H-pyrrole nitrogens is 1. The first-order valence-corrected chi connectivity index (χ1v) is 10.6. The van der Waals surface area contributed by atoms with Crippen LogP contribution in [0.25, 0.3) is 5.57 Å². The Kier molecular flexibility index (Phi) is 4.97. The van der Waals surface area contributed by atoms with E-state index in [9.17, 15) is 27.8 Å². The van der Waals surface area contributed by atoms with Gasteiger partial charge in [0.1, 0.15) is 16.5 Å². The lowest BCUT2D eigenvalue weighted by Crippen LogP contribution is -2.24. The Hall–Kier alpha value is -3.73. The zero-order chi connectivity index (χ0) is 22.3. The van der Waals surface area contributed by atoms with Crippen LogP contribution in [0, 0.1) is 11.3 Å². The van der Waals surface area contributed by atoms with E-state index < -0.39 is 26.6 Å². The fourth-order valence-electron chi connectivity index (χ4n) is 3.14. The number of anilines is 1. The highest BCUT2D eigenvalue weighted by Crippen LogP contribution is 2.40. The van der Waals surface area contributed by atoms with Gasteiger partial charge in [-0.25, -0.2) is 0 Å². The number of nitriles is 1. The lowest BCUT2D eigenvalue weighted by atomic mass is 9.83. The molecule has 11 nitrogen and oxygen atoms in total. The maximum atomic E-state index is 13.2. The number of ketones is 2. The SMILES string of the molecule is N#CC(=CNc1c(S(=O)(=O)O)cc(Br)c2c1C(=O)c1ccccc1C2=O)c1nn[nH]n1. The summed E-state index contributed by atoms with van der Waals surface area (Å²) in [7, 11) is -4.83. The lowest BCUT2D eigenvalue weighted by molar-refractivity contribution is 0.0979. The highest BCUT2D eigenvalue weighted by atomic mass is 79.9. The van der Waals surface area contributed by atoms with Gasteiger partial charge in [0.15, 0.2) is 11.6 Å². The second-order valence-corrected chi connectivity index (χ2v) is 8.45. The van der Waals surface area contributed by atoms with Crippen LogP contribution in [0.3, 0.4) is 0 Å². The Labute approximate surface area is 182 Å². The molecule has 0 saturated heterocycles. The minimum absolute atomic E-state index is 0.0104. The molecule has 2 aromatic carbocycles. The molecule has 0 radical (unpaired) electrons. The molecule has 3 N–H and O–H groups in total. The highest BCUT2D eigenvalue weighted by Gasteiger charge is 2.36. The number of carbonyl (C=O) groups is 2. The van der Waals surface area contributed by atoms with Crippen LogP contribution in [0.4, 0.5) is 5.69 Å². The Morgan fingerprint density at radius 3 is 2.39 bits per heavy atom. The third kappa shape index (κ3) is 3.42. The van der Waals surface area contributed by atoms with Crippen LogP contribution in [-0.2, 0) is 10.1 Å². The first-order chi connectivity index (χ1) is 14.7. The summed E-state index contributed by atoms with van der Waals surface area (Å²) in [4.78, 5) is 25.6.